The molecule has 0 aliphatic heterocycles. The molecule has 0 spiro atoms. The molecule has 13 heteroatoms. The standard InChI is InChI=1S/C20H17FN6O4S2/c1-30-15-10-27(13-6-4-12(21)5-7-13)26-17(15)18(29)23-19-24-25-20(33-19)32-11-16(28)22-9-14-3-2-8-31-14/h2-8,10H,9,11H2,1H3,(H,22,28)(H,23,24,29). The molecular weight excluding hydrogens is 471 g/mol. The van der Waals surface area contributed by atoms with Crippen LogP contribution in [0.3, 0.4) is 0 Å². The van der Waals surface area contributed by atoms with Gasteiger partial charge >= 0.3 is 0 Å². The van der Waals surface area contributed by atoms with Crippen LogP contribution in [0, 0.1) is 5.82 Å². The fourth-order valence-corrected chi connectivity index (χ4v) is 4.22. The van der Waals surface area contributed by atoms with Gasteiger partial charge in [-0.1, -0.05) is 23.1 Å². The van der Waals surface area contributed by atoms with Gasteiger partial charge in [-0.05, 0) is 36.4 Å². The molecule has 4 aromatic rings. The molecule has 3 heterocycles. The number of benzene rings is 1. The van der Waals surface area contributed by atoms with Crippen molar-refractivity contribution in [2.45, 2.75) is 10.9 Å². The first-order chi connectivity index (χ1) is 16.0. The first kappa shape index (κ1) is 22.5. The van der Waals surface area contributed by atoms with E-state index >= 15 is 0 Å². The van der Waals surface area contributed by atoms with E-state index in [0.29, 0.717) is 22.3 Å². The third kappa shape index (κ3) is 5.75. The summed E-state index contributed by atoms with van der Waals surface area (Å²) in [5.41, 5.74) is 0.595. The van der Waals surface area contributed by atoms with Crippen molar-refractivity contribution in [3.63, 3.8) is 0 Å². The molecule has 1 aromatic carbocycles. The second-order valence-electron chi connectivity index (χ2n) is 6.44. The van der Waals surface area contributed by atoms with Crippen LogP contribution in [0.4, 0.5) is 9.52 Å². The fraction of sp³-hybridized carbons (Fsp3) is 0.150. The third-order valence-corrected chi connectivity index (χ3v) is 6.17. The maximum absolute atomic E-state index is 13.2. The van der Waals surface area contributed by atoms with Crippen LogP contribution in [0.2, 0.25) is 0 Å². The molecule has 0 unspecified atom stereocenters. The molecule has 0 bridgehead atoms. The molecule has 2 N–H and O–H groups in total. The van der Waals surface area contributed by atoms with Crippen molar-refractivity contribution < 1.29 is 23.1 Å². The Morgan fingerprint density at radius 2 is 2.06 bits per heavy atom. The number of aromatic nitrogens is 4. The van der Waals surface area contributed by atoms with Crippen LogP contribution in [0.25, 0.3) is 5.69 Å². The molecule has 0 aliphatic rings. The first-order valence-electron chi connectivity index (χ1n) is 9.48. The van der Waals surface area contributed by atoms with E-state index in [4.69, 9.17) is 9.15 Å². The van der Waals surface area contributed by atoms with Crippen LogP contribution in [-0.4, -0.2) is 44.7 Å². The Labute approximate surface area is 195 Å². The minimum Gasteiger partial charge on any atom is -0.493 e. The van der Waals surface area contributed by atoms with Gasteiger partial charge < -0.3 is 14.5 Å². The lowest BCUT2D eigenvalue weighted by molar-refractivity contribution is -0.118. The van der Waals surface area contributed by atoms with E-state index in [-0.39, 0.29) is 34.1 Å². The van der Waals surface area contributed by atoms with Gasteiger partial charge in [-0.15, -0.1) is 10.2 Å². The van der Waals surface area contributed by atoms with Crippen LogP contribution >= 0.6 is 23.1 Å². The SMILES string of the molecule is COc1cn(-c2ccc(F)cc2)nc1C(=O)Nc1nnc(SCC(=O)NCc2ccco2)s1. The topological polar surface area (TPSA) is 124 Å². The molecule has 2 amide bonds. The zero-order chi connectivity index (χ0) is 23.2. The summed E-state index contributed by atoms with van der Waals surface area (Å²) >= 11 is 2.32. The summed E-state index contributed by atoms with van der Waals surface area (Å²) < 4.78 is 25.5. The lowest BCUT2D eigenvalue weighted by Gasteiger charge is -2.01. The Kier molecular flexibility index (Phi) is 7.00. The monoisotopic (exact) mass is 488 g/mol. The van der Waals surface area contributed by atoms with Gasteiger partial charge in [0.2, 0.25) is 11.0 Å². The van der Waals surface area contributed by atoms with E-state index in [1.165, 1.54) is 60.3 Å². The average molecular weight is 489 g/mol. The lowest BCUT2D eigenvalue weighted by Crippen LogP contribution is -2.24. The zero-order valence-corrected chi connectivity index (χ0v) is 18.8. The van der Waals surface area contributed by atoms with Crippen molar-refractivity contribution in [2.75, 3.05) is 18.2 Å². The molecule has 33 heavy (non-hydrogen) atoms. The van der Waals surface area contributed by atoms with Crippen LogP contribution < -0.4 is 15.4 Å². The van der Waals surface area contributed by atoms with E-state index in [1.54, 1.807) is 12.1 Å². The van der Waals surface area contributed by atoms with Crippen LogP contribution in [0.5, 0.6) is 5.75 Å². The normalized spacial score (nSPS) is 10.7. The molecule has 0 saturated heterocycles. The van der Waals surface area contributed by atoms with Crippen molar-refractivity contribution >= 4 is 40.0 Å². The third-order valence-electron chi connectivity index (χ3n) is 4.20. The number of carbonyl (C=O) groups is 2. The van der Waals surface area contributed by atoms with Gasteiger partial charge in [0.1, 0.15) is 11.6 Å². The highest BCUT2D eigenvalue weighted by atomic mass is 32.2. The highest BCUT2D eigenvalue weighted by Gasteiger charge is 2.20. The summed E-state index contributed by atoms with van der Waals surface area (Å²) in [6.07, 6.45) is 3.06. The molecule has 4 rings (SSSR count). The summed E-state index contributed by atoms with van der Waals surface area (Å²) in [5.74, 6) is -0.0736. The van der Waals surface area contributed by atoms with Gasteiger partial charge in [0.25, 0.3) is 5.91 Å². The number of amides is 2. The first-order valence-corrected chi connectivity index (χ1v) is 11.3. The highest BCUT2D eigenvalue weighted by molar-refractivity contribution is 8.01. The van der Waals surface area contributed by atoms with Gasteiger partial charge in [0.05, 0.1) is 37.6 Å². The number of ether oxygens (including phenoxy) is 1. The molecule has 3 aromatic heterocycles. The number of rotatable bonds is 9. The summed E-state index contributed by atoms with van der Waals surface area (Å²) in [5, 5.41) is 17.7. The number of nitrogens with one attached hydrogen (secondary N) is 2. The quantitative estimate of drug-likeness (QED) is 0.272. The second-order valence-corrected chi connectivity index (χ2v) is 8.64. The number of carbonyl (C=O) groups excluding carboxylic acids is 2. The summed E-state index contributed by atoms with van der Waals surface area (Å²) in [6, 6.07) is 9.16. The minimum atomic E-state index is -0.545. The van der Waals surface area contributed by atoms with Crippen LogP contribution in [0.15, 0.2) is 57.6 Å². The molecule has 0 fully saturated rings. The van der Waals surface area contributed by atoms with Gasteiger partial charge in [-0.3, -0.25) is 14.9 Å². The maximum Gasteiger partial charge on any atom is 0.281 e. The van der Waals surface area contributed by atoms with E-state index in [2.05, 4.69) is 25.9 Å². The van der Waals surface area contributed by atoms with E-state index < -0.39 is 5.91 Å². The fourth-order valence-electron chi connectivity index (χ4n) is 2.64. The Bertz CT molecular complexity index is 1240. The summed E-state index contributed by atoms with van der Waals surface area (Å²) in [7, 11) is 1.42. The van der Waals surface area contributed by atoms with Gasteiger partial charge in [0, 0.05) is 0 Å². The van der Waals surface area contributed by atoms with Gasteiger partial charge in [-0.25, -0.2) is 9.07 Å². The Hall–Kier alpha value is -3.71. The molecule has 0 radical (unpaired) electrons. The Balaban J connectivity index is 1.34. The van der Waals surface area contributed by atoms with Gasteiger partial charge in [-0.2, -0.15) is 5.10 Å². The Morgan fingerprint density at radius 1 is 1.24 bits per heavy atom. The molecule has 10 nitrogen and oxygen atoms in total. The Morgan fingerprint density at radius 3 is 2.79 bits per heavy atom. The average Bonchev–Trinajstić information content (AvgIpc) is 3.57. The highest BCUT2D eigenvalue weighted by Crippen LogP contribution is 2.27. The van der Waals surface area contributed by atoms with E-state index in [9.17, 15) is 14.0 Å². The molecule has 170 valence electrons. The predicted molar refractivity (Wildman–Crippen MR) is 119 cm³/mol. The molecule has 0 atom stereocenters. The number of halogens is 1. The smallest absolute Gasteiger partial charge is 0.281 e. The number of furan rings is 1. The maximum atomic E-state index is 13.2. The number of methoxy groups -OCH3 is 1. The van der Waals surface area contributed by atoms with Crippen molar-refractivity contribution in [3.05, 3.63) is 66.1 Å². The minimum absolute atomic E-state index is 0.0310. The number of anilines is 1. The lowest BCUT2D eigenvalue weighted by atomic mass is 10.3. The van der Waals surface area contributed by atoms with Crippen LogP contribution in [-0.2, 0) is 11.3 Å². The summed E-state index contributed by atoms with van der Waals surface area (Å²) in [4.78, 5) is 24.7. The van der Waals surface area contributed by atoms with Crippen molar-refractivity contribution in [1.29, 1.82) is 0 Å². The number of thioether (sulfide) groups is 1. The van der Waals surface area contributed by atoms with Crippen molar-refractivity contribution in [1.82, 2.24) is 25.3 Å². The molecule has 0 saturated carbocycles. The van der Waals surface area contributed by atoms with Crippen molar-refractivity contribution in [2.24, 2.45) is 0 Å². The molecule has 0 aliphatic carbocycles. The van der Waals surface area contributed by atoms with Gasteiger partial charge in [0.15, 0.2) is 15.8 Å². The number of hydrogen-bond donors (Lipinski definition) is 2. The van der Waals surface area contributed by atoms with Crippen molar-refractivity contribution in [3.8, 4) is 11.4 Å². The molecular formula is C20H17FN6O4S2. The summed E-state index contributed by atoms with van der Waals surface area (Å²) in [6.45, 7) is 0.302. The van der Waals surface area contributed by atoms with E-state index in [0.717, 1.165) is 11.3 Å². The van der Waals surface area contributed by atoms with E-state index in [1.807, 2.05) is 0 Å². The number of hydrogen-bond acceptors (Lipinski definition) is 9. The largest absolute Gasteiger partial charge is 0.493 e. The predicted octanol–water partition coefficient (Wildman–Crippen LogP) is 3.13. The zero-order valence-electron chi connectivity index (χ0n) is 17.1. The van der Waals surface area contributed by atoms with Crippen LogP contribution in [0.1, 0.15) is 16.2 Å². The number of nitrogens with zero attached hydrogens (tertiary/aromatic N) is 4. The second kappa shape index (κ2) is 10.3.